The summed E-state index contributed by atoms with van der Waals surface area (Å²) in [5, 5.41) is 0.489. The maximum Gasteiger partial charge on any atom is 0.275 e. The molecule has 4 heterocycles. The average molecular weight is 583 g/mol. The van der Waals surface area contributed by atoms with Crippen LogP contribution in [0.15, 0.2) is 75.4 Å². The zero-order chi connectivity index (χ0) is 29.9. The third-order valence-electron chi connectivity index (χ3n) is 8.37. The maximum atomic E-state index is 14.4. The van der Waals surface area contributed by atoms with Crippen LogP contribution in [0.5, 0.6) is 0 Å². The molecule has 0 aliphatic heterocycles. The normalized spacial score (nSPS) is 14.2. The van der Waals surface area contributed by atoms with Crippen LogP contribution in [0.3, 0.4) is 0 Å². The van der Waals surface area contributed by atoms with Gasteiger partial charge in [0.1, 0.15) is 5.52 Å². The number of aromatic nitrogens is 4. The van der Waals surface area contributed by atoms with Crippen LogP contribution in [0.1, 0.15) is 54.1 Å². The lowest BCUT2D eigenvalue weighted by molar-refractivity contribution is 0.589. The number of benzene rings is 1. The van der Waals surface area contributed by atoms with Crippen LogP contribution >= 0.6 is 0 Å². The van der Waals surface area contributed by atoms with Crippen molar-refractivity contribution < 1.29 is 8.42 Å². The smallest absolute Gasteiger partial charge is 0.275 e. The first-order valence-electron chi connectivity index (χ1n) is 14.2. The van der Waals surface area contributed by atoms with Crippen molar-refractivity contribution in [1.29, 1.82) is 0 Å². The fraction of sp³-hybridized carbons (Fsp3) is 0.303. The van der Waals surface area contributed by atoms with E-state index < -0.39 is 15.6 Å². The van der Waals surface area contributed by atoms with Crippen molar-refractivity contribution in [1.82, 2.24) is 18.1 Å². The minimum atomic E-state index is -4.21. The van der Waals surface area contributed by atoms with Gasteiger partial charge in [0.2, 0.25) is 0 Å². The van der Waals surface area contributed by atoms with E-state index in [9.17, 15) is 18.0 Å². The Morgan fingerprint density at radius 3 is 2.10 bits per heavy atom. The molecule has 0 bridgehead atoms. The van der Waals surface area contributed by atoms with Gasteiger partial charge < -0.3 is 9.13 Å². The van der Waals surface area contributed by atoms with Crippen LogP contribution in [-0.4, -0.2) is 26.5 Å². The van der Waals surface area contributed by atoms with Crippen LogP contribution in [-0.2, 0) is 24.1 Å². The van der Waals surface area contributed by atoms with Gasteiger partial charge in [-0.05, 0) is 81.0 Å². The highest BCUT2D eigenvalue weighted by Crippen LogP contribution is 2.42. The quantitative estimate of drug-likeness (QED) is 0.269. The summed E-state index contributed by atoms with van der Waals surface area (Å²) in [5.74, 6) is 0.280. The van der Waals surface area contributed by atoms with Gasteiger partial charge in [0.15, 0.2) is 0 Å². The monoisotopic (exact) mass is 582 g/mol. The zero-order valence-corrected chi connectivity index (χ0v) is 25.3. The second-order valence-electron chi connectivity index (χ2n) is 11.5. The van der Waals surface area contributed by atoms with Crippen LogP contribution in [0.4, 0.5) is 0 Å². The van der Waals surface area contributed by atoms with Gasteiger partial charge >= 0.3 is 0 Å². The van der Waals surface area contributed by atoms with Gasteiger partial charge in [-0.25, -0.2) is 12.4 Å². The summed E-state index contributed by atoms with van der Waals surface area (Å²) in [7, 11) is -0.835. The van der Waals surface area contributed by atoms with Crippen LogP contribution < -0.4 is 11.1 Å². The van der Waals surface area contributed by atoms with E-state index in [0.717, 1.165) is 53.8 Å². The first-order valence-corrected chi connectivity index (χ1v) is 15.6. The molecule has 1 fully saturated rings. The molecule has 4 aromatic heterocycles. The van der Waals surface area contributed by atoms with Gasteiger partial charge in [0, 0.05) is 60.5 Å². The molecule has 6 rings (SSSR count). The third-order valence-corrected chi connectivity index (χ3v) is 10.1. The summed E-state index contributed by atoms with van der Waals surface area (Å²) in [6, 6.07) is 13.7. The summed E-state index contributed by atoms with van der Waals surface area (Å²) in [6.07, 6.45) is 7.90. The molecule has 1 aromatic carbocycles. The van der Waals surface area contributed by atoms with Crippen molar-refractivity contribution in [3.05, 3.63) is 104 Å². The fourth-order valence-corrected chi connectivity index (χ4v) is 7.82. The summed E-state index contributed by atoms with van der Waals surface area (Å²) in [5.41, 5.74) is 5.29. The molecule has 0 saturated heterocycles. The Labute approximate surface area is 245 Å². The highest BCUT2D eigenvalue weighted by atomic mass is 32.2. The van der Waals surface area contributed by atoms with Crippen molar-refractivity contribution in [2.24, 2.45) is 14.1 Å². The molecule has 0 radical (unpaired) electrons. The molecule has 1 aliphatic rings. The Balaban J connectivity index is 1.76. The number of pyridine rings is 3. The second kappa shape index (κ2) is 10.2. The minimum absolute atomic E-state index is 0.0516. The summed E-state index contributed by atoms with van der Waals surface area (Å²) in [6.45, 7) is 5.61. The topological polar surface area (TPSA) is 96.0 Å². The van der Waals surface area contributed by atoms with E-state index in [2.05, 4.69) is 4.98 Å². The van der Waals surface area contributed by atoms with Crippen LogP contribution in [0, 0.1) is 20.8 Å². The first-order chi connectivity index (χ1) is 20.0. The van der Waals surface area contributed by atoms with E-state index in [-0.39, 0.29) is 21.9 Å². The molecule has 0 N–H and O–H groups in total. The largest absolute Gasteiger partial charge is 0.318 e. The fourth-order valence-electron chi connectivity index (χ4n) is 6.30. The molecule has 9 heteroatoms. The van der Waals surface area contributed by atoms with Crippen molar-refractivity contribution >= 4 is 20.9 Å². The van der Waals surface area contributed by atoms with Gasteiger partial charge in [0.25, 0.3) is 21.1 Å². The zero-order valence-electron chi connectivity index (χ0n) is 24.5. The molecule has 0 atom stereocenters. The van der Waals surface area contributed by atoms with E-state index in [1.807, 2.05) is 39.1 Å². The molecular weight excluding hydrogens is 548 g/mol. The molecule has 1 aliphatic carbocycles. The molecule has 216 valence electrons. The Bertz CT molecular complexity index is 2080. The molecule has 0 amide bonds. The Kier molecular flexibility index (Phi) is 6.80. The minimum Gasteiger partial charge on any atom is -0.318 e. The van der Waals surface area contributed by atoms with Crippen LogP contribution in [0.2, 0.25) is 0 Å². The lowest BCUT2D eigenvalue weighted by Crippen LogP contribution is -2.24. The molecule has 8 nitrogen and oxygen atoms in total. The predicted molar refractivity (Wildman–Crippen MR) is 166 cm³/mol. The van der Waals surface area contributed by atoms with Gasteiger partial charge in [-0.1, -0.05) is 30.5 Å². The van der Waals surface area contributed by atoms with Crippen molar-refractivity contribution in [2.75, 3.05) is 0 Å². The maximum absolute atomic E-state index is 14.4. The van der Waals surface area contributed by atoms with E-state index in [0.29, 0.717) is 22.2 Å². The van der Waals surface area contributed by atoms with Gasteiger partial charge in [-0.3, -0.25) is 14.6 Å². The number of rotatable bonds is 5. The first kappa shape index (κ1) is 27.9. The third kappa shape index (κ3) is 4.61. The summed E-state index contributed by atoms with van der Waals surface area (Å²) >= 11 is 0. The molecule has 1 saturated carbocycles. The highest BCUT2D eigenvalue weighted by Gasteiger charge is 2.30. The molecule has 42 heavy (non-hydrogen) atoms. The summed E-state index contributed by atoms with van der Waals surface area (Å²) < 4.78 is 33.0. The SMILES string of the molecule is Cc1ccc(S(=O)(=O)n2c(-c3cc(C)nc(C)c3)cc3c(-c4cc(=O)n(C)cc4C4CCCC4)cn(C)c(=O)c32)cc1. The molecule has 0 spiro atoms. The van der Waals surface area contributed by atoms with E-state index in [4.69, 9.17) is 0 Å². The lowest BCUT2D eigenvalue weighted by atomic mass is 9.90. The van der Waals surface area contributed by atoms with Crippen molar-refractivity contribution in [3.63, 3.8) is 0 Å². The highest BCUT2D eigenvalue weighted by molar-refractivity contribution is 7.90. The van der Waals surface area contributed by atoms with Gasteiger partial charge in [-0.15, -0.1) is 0 Å². The van der Waals surface area contributed by atoms with E-state index in [1.54, 1.807) is 61.3 Å². The Hall–Kier alpha value is -4.24. The number of hydrogen-bond donors (Lipinski definition) is 0. The van der Waals surface area contributed by atoms with Crippen LogP contribution in [0.25, 0.3) is 33.3 Å². The number of fused-ring (bicyclic) bond motifs is 1. The Morgan fingerprint density at radius 1 is 0.810 bits per heavy atom. The summed E-state index contributed by atoms with van der Waals surface area (Å²) in [4.78, 5) is 31.5. The van der Waals surface area contributed by atoms with Gasteiger partial charge in [-0.2, -0.15) is 0 Å². The molecular formula is C33H34N4O4S. The molecule has 5 aromatic rings. The average Bonchev–Trinajstić information content (AvgIpc) is 3.61. The number of hydrogen-bond acceptors (Lipinski definition) is 5. The lowest BCUT2D eigenvalue weighted by Gasteiger charge is -2.18. The predicted octanol–water partition coefficient (Wildman–Crippen LogP) is 5.59. The van der Waals surface area contributed by atoms with Gasteiger partial charge in [0.05, 0.1) is 10.6 Å². The number of aryl methyl sites for hydroxylation is 5. The second-order valence-corrected chi connectivity index (χ2v) is 13.3. The van der Waals surface area contributed by atoms with Crippen molar-refractivity contribution in [3.8, 4) is 22.4 Å². The molecule has 0 unspecified atom stereocenters. The van der Waals surface area contributed by atoms with E-state index in [1.165, 1.54) is 8.54 Å². The van der Waals surface area contributed by atoms with Crippen molar-refractivity contribution in [2.45, 2.75) is 57.3 Å². The Morgan fingerprint density at radius 2 is 1.45 bits per heavy atom. The number of nitrogens with zero attached hydrogens (tertiary/aromatic N) is 4. The van der Waals surface area contributed by atoms with E-state index >= 15 is 0 Å². The standard InChI is InChI=1S/C33H34N4O4S/c1-20-10-12-25(13-11-20)42(40,41)37-30(24-14-21(2)34-22(3)15-24)16-27-29(19-36(5)33(39)32(27)37)26-17-31(38)35(4)18-28(26)23-8-6-7-9-23/h10-19,23H,6-9H2,1-5H3.